The Morgan fingerprint density at radius 1 is 1.23 bits per heavy atom. The molecule has 4 heterocycles. The molecule has 1 aliphatic carbocycles. The summed E-state index contributed by atoms with van der Waals surface area (Å²) in [7, 11) is 2.00. The van der Waals surface area contributed by atoms with E-state index in [0.29, 0.717) is 23.6 Å². The molecule has 1 saturated carbocycles. The average molecular weight is 527 g/mol. The number of carbonyl (C=O) groups excluding carboxylic acids is 1. The molecule has 1 aliphatic heterocycles. The predicted molar refractivity (Wildman–Crippen MR) is 153 cm³/mol. The number of pyridine rings is 1. The average Bonchev–Trinajstić information content (AvgIpc) is 3.56. The topological polar surface area (TPSA) is 104 Å². The number of benzene rings is 1. The van der Waals surface area contributed by atoms with Gasteiger partial charge in [0.2, 0.25) is 0 Å². The number of rotatable bonds is 7. The first-order valence-electron chi connectivity index (χ1n) is 14.0. The molecule has 2 aliphatic rings. The van der Waals surface area contributed by atoms with Crippen LogP contribution in [0.15, 0.2) is 48.9 Å². The van der Waals surface area contributed by atoms with Crippen LogP contribution in [-0.4, -0.2) is 61.2 Å². The van der Waals surface area contributed by atoms with Crippen LogP contribution in [0.2, 0.25) is 0 Å². The van der Waals surface area contributed by atoms with Crippen LogP contribution in [0.1, 0.15) is 61.1 Å². The number of hydrogen-bond acceptors (Lipinski definition) is 6. The highest BCUT2D eigenvalue weighted by Crippen LogP contribution is 2.51. The fourth-order valence-corrected chi connectivity index (χ4v) is 6.68. The van der Waals surface area contributed by atoms with Crippen LogP contribution >= 0.6 is 0 Å². The normalized spacial score (nSPS) is 23.7. The van der Waals surface area contributed by atoms with Crippen molar-refractivity contribution in [3.8, 4) is 0 Å². The van der Waals surface area contributed by atoms with Crippen molar-refractivity contribution in [3.05, 3.63) is 71.6 Å². The van der Waals surface area contributed by atoms with Crippen molar-refractivity contribution in [2.75, 3.05) is 25.0 Å². The van der Waals surface area contributed by atoms with Crippen LogP contribution in [0.3, 0.4) is 0 Å². The van der Waals surface area contributed by atoms with Crippen molar-refractivity contribution >= 4 is 22.6 Å². The molecule has 204 valence electrons. The number of fused-ring (bicyclic) bond motifs is 1. The predicted octanol–water partition coefficient (Wildman–Crippen LogP) is 4.09. The lowest BCUT2D eigenvalue weighted by atomic mass is 9.58. The smallest absolute Gasteiger partial charge is 0.274 e. The molecule has 1 amide bonds. The zero-order valence-electron chi connectivity index (χ0n) is 23.2. The van der Waals surface area contributed by atoms with Crippen molar-refractivity contribution in [1.29, 1.82) is 0 Å². The van der Waals surface area contributed by atoms with E-state index in [2.05, 4.69) is 63.6 Å². The minimum Gasteiger partial charge on any atom is -0.360 e. The van der Waals surface area contributed by atoms with Gasteiger partial charge in [-0.25, -0.2) is 4.98 Å². The summed E-state index contributed by atoms with van der Waals surface area (Å²) in [6.45, 7) is 10.5. The molecule has 1 atom stereocenters. The van der Waals surface area contributed by atoms with Gasteiger partial charge in [0, 0.05) is 51.2 Å². The summed E-state index contributed by atoms with van der Waals surface area (Å²) < 4.78 is 2.01. The van der Waals surface area contributed by atoms with Gasteiger partial charge in [-0.3, -0.25) is 9.69 Å². The highest BCUT2D eigenvalue weighted by molar-refractivity contribution is 6.04. The number of aryl methyl sites for hydroxylation is 1. The van der Waals surface area contributed by atoms with E-state index in [0.717, 1.165) is 72.7 Å². The summed E-state index contributed by atoms with van der Waals surface area (Å²) in [6, 6.07) is 12.5. The van der Waals surface area contributed by atoms with Gasteiger partial charge in [0.25, 0.3) is 5.91 Å². The highest BCUT2D eigenvalue weighted by Gasteiger charge is 2.48. The molecule has 0 spiro atoms. The van der Waals surface area contributed by atoms with Gasteiger partial charge in [-0.2, -0.15) is 0 Å². The van der Waals surface area contributed by atoms with E-state index >= 15 is 0 Å². The first-order chi connectivity index (χ1) is 18.8. The monoisotopic (exact) mass is 526 g/mol. The summed E-state index contributed by atoms with van der Waals surface area (Å²) >= 11 is 0. The van der Waals surface area contributed by atoms with Crippen LogP contribution < -0.4 is 10.6 Å². The van der Waals surface area contributed by atoms with Crippen LogP contribution in [0, 0.1) is 11.8 Å². The Morgan fingerprint density at radius 3 is 2.82 bits per heavy atom. The second-order valence-electron chi connectivity index (χ2n) is 11.8. The van der Waals surface area contributed by atoms with E-state index in [1.165, 1.54) is 0 Å². The van der Waals surface area contributed by atoms with Gasteiger partial charge < -0.3 is 20.2 Å². The molecular weight excluding hydrogens is 488 g/mol. The maximum Gasteiger partial charge on any atom is 0.274 e. The largest absolute Gasteiger partial charge is 0.360 e. The fraction of sp³-hybridized carbons (Fsp3) is 0.467. The van der Waals surface area contributed by atoms with E-state index < -0.39 is 0 Å². The summed E-state index contributed by atoms with van der Waals surface area (Å²) in [4.78, 5) is 24.1. The molecular formula is C30H38N8O. The summed E-state index contributed by atoms with van der Waals surface area (Å²) in [6.07, 6.45) is 5.68. The van der Waals surface area contributed by atoms with Gasteiger partial charge in [-0.05, 0) is 60.1 Å². The fourth-order valence-electron chi connectivity index (χ4n) is 6.68. The lowest BCUT2D eigenvalue weighted by molar-refractivity contribution is 0.102. The zero-order valence-corrected chi connectivity index (χ0v) is 23.2. The first-order valence-corrected chi connectivity index (χ1v) is 14.0. The Hall–Kier alpha value is -3.56. The van der Waals surface area contributed by atoms with Gasteiger partial charge >= 0.3 is 0 Å². The van der Waals surface area contributed by atoms with Crippen molar-refractivity contribution < 1.29 is 4.79 Å². The Bertz CT molecular complexity index is 1480. The number of H-pyrrole nitrogens is 1. The molecule has 0 bridgehead atoms. The van der Waals surface area contributed by atoms with Gasteiger partial charge in [0.15, 0.2) is 0 Å². The number of aromatic amines is 1. The number of amides is 1. The number of nitrogens with zero attached hydrogens (tertiary/aromatic N) is 5. The Kier molecular flexibility index (Phi) is 6.72. The molecule has 9 nitrogen and oxygen atoms in total. The molecule has 3 N–H and O–H groups in total. The summed E-state index contributed by atoms with van der Waals surface area (Å²) in [5, 5.41) is 15.3. The minimum atomic E-state index is -0.202. The molecule has 4 aromatic rings. The van der Waals surface area contributed by atoms with Crippen LogP contribution in [-0.2, 0) is 19.0 Å². The van der Waals surface area contributed by atoms with E-state index in [4.69, 9.17) is 4.98 Å². The maximum absolute atomic E-state index is 13.5. The number of aromatic nitrogens is 5. The van der Waals surface area contributed by atoms with Crippen LogP contribution in [0.5, 0.6) is 0 Å². The standard InChI is InChI=1S/C30H38N8O/c1-19(2)26-16-31-10-11-38(26)17-21-12-25(35-24-8-9-32-27(21)24)28(39)34-23-7-5-6-22(13-23)30(14-20(3)15-30)29-36-33-18-37(29)4/h5-9,12-13,18-20,26,31-32H,10-11,14-17H2,1-4H3,(H,34,39)/t20?,26-,30?/m1/s1. The number of piperazine rings is 1. The Morgan fingerprint density at radius 2 is 2.08 bits per heavy atom. The quantitative estimate of drug-likeness (QED) is 0.335. The van der Waals surface area contributed by atoms with Crippen LogP contribution in [0.25, 0.3) is 11.0 Å². The third-order valence-electron chi connectivity index (χ3n) is 8.58. The molecule has 1 saturated heterocycles. The third-order valence-corrected chi connectivity index (χ3v) is 8.58. The van der Waals surface area contributed by atoms with E-state index in [1.54, 1.807) is 6.33 Å². The van der Waals surface area contributed by atoms with Crippen molar-refractivity contribution in [1.82, 2.24) is 34.9 Å². The van der Waals surface area contributed by atoms with Crippen molar-refractivity contribution in [2.45, 2.75) is 51.6 Å². The van der Waals surface area contributed by atoms with Gasteiger partial charge in [-0.15, -0.1) is 10.2 Å². The first kappa shape index (κ1) is 25.7. The molecule has 0 unspecified atom stereocenters. The molecule has 0 radical (unpaired) electrons. The highest BCUT2D eigenvalue weighted by atomic mass is 16.1. The number of carbonyl (C=O) groups is 1. The third kappa shape index (κ3) is 4.74. The van der Waals surface area contributed by atoms with Crippen molar-refractivity contribution in [3.63, 3.8) is 0 Å². The second-order valence-corrected chi connectivity index (χ2v) is 11.8. The molecule has 1 aromatic carbocycles. The summed E-state index contributed by atoms with van der Waals surface area (Å²) in [5.74, 6) is 1.92. The van der Waals surface area contributed by atoms with E-state index in [-0.39, 0.29) is 11.3 Å². The lowest BCUT2D eigenvalue weighted by Crippen LogP contribution is -2.53. The number of nitrogens with one attached hydrogen (secondary N) is 3. The van der Waals surface area contributed by atoms with E-state index in [1.807, 2.05) is 42.1 Å². The van der Waals surface area contributed by atoms with Crippen LogP contribution in [0.4, 0.5) is 5.69 Å². The molecule has 3 aromatic heterocycles. The molecule has 2 fully saturated rings. The number of hydrogen-bond donors (Lipinski definition) is 3. The molecule has 9 heteroatoms. The van der Waals surface area contributed by atoms with E-state index in [9.17, 15) is 4.79 Å². The van der Waals surface area contributed by atoms with Gasteiger partial charge in [-0.1, -0.05) is 32.9 Å². The lowest BCUT2D eigenvalue weighted by Gasteiger charge is -2.46. The minimum absolute atomic E-state index is 0.183. The Labute approximate surface area is 229 Å². The van der Waals surface area contributed by atoms with Crippen molar-refractivity contribution in [2.24, 2.45) is 18.9 Å². The van der Waals surface area contributed by atoms with Gasteiger partial charge in [0.1, 0.15) is 17.8 Å². The maximum atomic E-state index is 13.5. The zero-order chi connectivity index (χ0) is 27.1. The van der Waals surface area contributed by atoms with Gasteiger partial charge in [0.05, 0.1) is 16.4 Å². The Balaban J connectivity index is 1.27. The SMILES string of the molecule is CC1CC(c2cccc(NC(=O)c3cc(CN4CCNC[C@@H]4C(C)C)c4[nH]ccc4n3)c2)(c2nncn2C)C1. The molecule has 39 heavy (non-hydrogen) atoms. The second kappa shape index (κ2) is 10.2. The number of anilines is 1. The summed E-state index contributed by atoms with van der Waals surface area (Å²) in [5.41, 5.74) is 5.07. The molecule has 6 rings (SSSR count).